The molecule has 0 spiro atoms. The van der Waals surface area contributed by atoms with Crippen LogP contribution in [0.5, 0.6) is 11.5 Å². The van der Waals surface area contributed by atoms with E-state index in [-0.39, 0.29) is 19.8 Å². The first-order valence-corrected chi connectivity index (χ1v) is 16.5. The first-order chi connectivity index (χ1) is 17.0. The highest BCUT2D eigenvalue weighted by Crippen LogP contribution is 2.30. The molecule has 7 nitrogen and oxygen atoms in total. The number of hydrogen-bond acceptors (Lipinski definition) is 8. The average Bonchev–Trinajstić information content (AvgIpc) is 2.85. The first kappa shape index (κ1) is 29.7. The predicted molar refractivity (Wildman–Crippen MR) is 143 cm³/mol. The monoisotopic (exact) mass is 538 g/mol. The van der Waals surface area contributed by atoms with Gasteiger partial charge in [0, 0.05) is 33.2 Å². The van der Waals surface area contributed by atoms with Crippen LogP contribution < -0.4 is 9.47 Å². The normalized spacial score (nSPS) is 12.9. The molecule has 0 fully saturated rings. The van der Waals surface area contributed by atoms with Crippen molar-refractivity contribution in [2.24, 2.45) is 0 Å². The second kappa shape index (κ2) is 17.8. The van der Waals surface area contributed by atoms with Gasteiger partial charge in [0.05, 0.1) is 13.2 Å². The molecule has 2 atom stereocenters. The summed E-state index contributed by atoms with van der Waals surface area (Å²) in [6.07, 6.45) is 0.459. The Morgan fingerprint density at radius 2 is 1.26 bits per heavy atom. The highest BCUT2D eigenvalue weighted by atomic mass is 32.2. The highest BCUT2D eigenvalue weighted by molar-refractivity contribution is 7.99. The lowest BCUT2D eigenvalue weighted by molar-refractivity contribution is 0.0123. The van der Waals surface area contributed by atoms with E-state index in [0.29, 0.717) is 37.4 Å². The molecule has 2 aromatic rings. The largest absolute Gasteiger partial charge is 0.491 e. The number of aliphatic hydroxyl groups excluding tert-OH is 2. The molecular weight excluding hydrogens is 501 g/mol. The summed E-state index contributed by atoms with van der Waals surface area (Å²) in [5.41, 5.74) is 0. The standard InChI is InChI=1S/C25H38O7SSi2/c1-35(28)15-3-13-30-17-21(27)19-32-23-6-10-25(11-7-23)33-24-8-4-22(5-9-24)31-18-20(26)16-29-12-2-14-34/h4-11,20-21,26-27H,2-3,12-19H2,1,34H3. The van der Waals surface area contributed by atoms with Crippen molar-refractivity contribution in [3.05, 3.63) is 48.5 Å². The lowest BCUT2D eigenvalue weighted by Crippen LogP contribution is -2.23. The molecule has 0 amide bonds. The van der Waals surface area contributed by atoms with Gasteiger partial charge < -0.3 is 33.6 Å². The summed E-state index contributed by atoms with van der Waals surface area (Å²) in [4.78, 5) is 2.13. The van der Waals surface area contributed by atoms with Gasteiger partial charge in [0.1, 0.15) is 36.9 Å². The van der Waals surface area contributed by atoms with E-state index in [4.69, 9.17) is 18.9 Å². The van der Waals surface area contributed by atoms with Crippen LogP contribution in [0, 0.1) is 0 Å². The van der Waals surface area contributed by atoms with Gasteiger partial charge in [0.25, 0.3) is 8.68 Å². The minimum absolute atomic E-state index is 0.152. The Kier molecular flexibility index (Phi) is 15.1. The fourth-order valence-electron chi connectivity index (χ4n) is 2.93. The van der Waals surface area contributed by atoms with Crippen molar-refractivity contribution >= 4 is 30.7 Å². The van der Waals surface area contributed by atoms with E-state index in [1.807, 2.05) is 48.5 Å². The number of ether oxygens (including phenoxy) is 4. The molecule has 2 N–H and O–H groups in total. The third kappa shape index (κ3) is 14.0. The topological polar surface area (TPSA) is 94.5 Å². The first-order valence-electron chi connectivity index (χ1n) is 12.1. The Morgan fingerprint density at radius 1 is 0.800 bits per heavy atom. The summed E-state index contributed by atoms with van der Waals surface area (Å²) in [6, 6.07) is 17.3. The van der Waals surface area contributed by atoms with Crippen molar-refractivity contribution in [1.82, 2.24) is 0 Å². The minimum atomic E-state index is -1.45. The molecule has 0 aliphatic heterocycles. The second-order valence-corrected chi connectivity index (χ2v) is 12.3. The Balaban J connectivity index is 1.66. The maximum atomic E-state index is 11.1. The molecule has 0 aromatic heterocycles. The Bertz CT molecular complexity index is 837. The van der Waals surface area contributed by atoms with Gasteiger partial charge in [-0.1, -0.05) is 17.8 Å². The molecule has 2 aromatic carbocycles. The van der Waals surface area contributed by atoms with Gasteiger partial charge in [-0.15, -0.1) is 0 Å². The van der Waals surface area contributed by atoms with Gasteiger partial charge in [-0.2, -0.15) is 0 Å². The number of rotatable bonds is 19. The average molecular weight is 539 g/mol. The van der Waals surface area contributed by atoms with Crippen LogP contribution in [0.4, 0.5) is 0 Å². The van der Waals surface area contributed by atoms with Crippen LogP contribution in [-0.2, 0) is 13.9 Å². The number of benzene rings is 2. The van der Waals surface area contributed by atoms with Crippen LogP contribution in [-0.4, -0.2) is 81.0 Å². The molecule has 0 radical (unpaired) electrons. The van der Waals surface area contributed by atoms with Crippen molar-refractivity contribution in [2.75, 3.05) is 39.6 Å². The zero-order valence-corrected chi connectivity index (χ0v) is 24.5. The summed E-state index contributed by atoms with van der Waals surface area (Å²) >= 11 is 1.62. The van der Waals surface area contributed by atoms with Crippen molar-refractivity contribution in [1.29, 1.82) is 0 Å². The van der Waals surface area contributed by atoms with Crippen LogP contribution in [0.1, 0.15) is 12.8 Å². The van der Waals surface area contributed by atoms with Gasteiger partial charge in [-0.3, -0.25) is 0 Å². The van der Waals surface area contributed by atoms with Gasteiger partial charge >= 0.3 is 0 Å². The minimum Gasteiger partial charge on any atom is -0.491 e. The molecule has 10 heteroatoms. The van der Waals surface area contributed by atoms with Crippen LogP contribution in [0.15, 0.2) is 58.3 Å². The number of hydrogen-bond donors (Lipinski definition) is 2. The van der Waals surface area contributed by atoms with Crippen molar-refractivity contribution in [2.45, 2.75) is 53.5 Å². The van der Waals surface area contributed by atoms with Crippen LogP contribution >= 0.6 is 11.8 Å². The summed E-state index contributed by atoms with van der Waals surface area (Å²) in [5, 5.41) is 19.9. The molecule has 2 rings (SSSR count). The molecule has 0 aliphatic carbocycles. The second-order valence-electron chi connectivity index (χ2n) is 8.28. The Hall–Kier alpha value is -1.54. The zero-order valence-electron chi connectivity index (χ0n) is 20.7. The van der Waals surface area contributed by atoms with E-state index in [1.54, 1.807) is 18.3 Å². The van der Waals surface area contributed by atoms with E-state index >= 15 is 0 Å². The lowest BCUT2D eigenvalue weighted by atomic mass is 10.3. The summed E-state index contributed by atoms with van der Waals surface area (Å²) in [7, 11) is -0.268. The maximum absolute atomic E-state index is 11.1. The fourth-order valence-corrected chi connectivity index (χ4v) is 4.68. The van der Waals surface area contributed by atoms with Crippen LogP contribution in [0.2, 0.25) is 18.6 Å². The Labute approximate surface area is 217 Å². The molecule has 0 heterocycles. The van der Waals surface area contributed by atoms with Gasteiger partial charge in [-0.05, 0) is 74.0 Å². The van der Waals surface area contributed by atoms with Crippen LogP contribution in [0.25, 0.3) is 0 Å². The fraction of sp³-hybridized carbons (Fsp3) is 0.520. The summed E-state index contributed by atoms with van der Waals surface area (Å²) < 4.78 is 33.2. The third-order valence-corrected chi connectivity index (χ3v) is 7.63. The van der Waals surface area contributed by atoms with E-state index in [0.717, 1.165) is 22.6 Å². The van der Waals surface area contributed by atoms with Crippen molar-refractivity contribution in [3.63, 3.8) is 0 Å². The van der Waals surface area contributed by atoms with E-state index in [9.17, 15) is 14.7 Å². The predicted octanol–water partition coefficient (Wildman–Crippen LogP) is 2.97. The molecular formula is C25H38O7SSi2. The van der Waals surface area contributed by atoms with Gasteiger partial charge in [0.15, 0.2) is 0 Å². The molecule has 0 saturated carbocycles. The molecule has 0 saturated heterocycles. The lowest BCUT2D eigenvalue weighted by Gasteiger charge is -2.13. The van der Waals surface area contributed by atoms with Crippen molar-refractivity contribution in [3.8, 4) is 11.5 Å². The summed E-state index contributed by atoms with van der Waals surface area (Å²) in [6.45, 7) is 3.79. The zero-order chi connectivity index (χ0) is 25.3. The molecule has 2 unspecified atom stereocenters. The quantitative estimate of drug-likeness (QED) is 0.208. The summed E-state index contributed by atoms with van der Waals surface area (Å²) in [5.74, 6) is 1.39. The third-order valence-electron chi connectivity index (χ3n) is 4.85. The molecule has 0 bridgehead atoms. The maximum Gasteiger partial charge on any atom is 0.273 e. The number of aliphatic hydroxyl groups is 2. The van der Waals surface area contributed by atoms with Gasteiger partial charge in [-0.25, -0.2) is 0 Å². The van der Waals surface area contributed by atoms with Crippen molar-refractivity contribution < 1.29 is 33.6 Å². The Morgan fingerprint density at radius 3 is 1.69 bits per heavy atom. The van der Waals surface area contributed by atoms with E-state index in [2.05, 4.69) is 0 Å². The highest BCUT2D eigenvalue weighted by Gasteiger charge is 2.08. The molecule has 35 heavy (non-hydrogen) atoms. The van der Waals surface area contributed by atoms with Gasteiger partial charge in [0.2, 0.25) is 0 Å². The SMILES string of the molecule is C[Si](=O)CCCOCC(O)COc1ccc(Sc2ccc(OCC(O)COCCC[SiH3])cc2)cc1. The smallest absolute Gasteiger partial charge is 0.273 e. The molecule has 194 valence electrons. The van der Waals surface area contributed by atoms with E-state index < -0.39 is 20.9 Å². The van der Waals surface area contributed by atoms with Crippen LogP contribution in [0.3, 0.4) is 0 Å². The molecule has 0 aliphatic rings. The van der Waals surface area contributed by atoms with E-state index in [1.165, 1.54) is 16.3 Å².